The Morgan fingerprint density at radius 2 is 1.81 bits per heavy atom. The second-order valence-corrected chi connectivity index (χ2v) is 10.9. The molecular weight excluding hydrogens is 466 g/mol. The number of nitrogens with zero attached hydrogens (tertiary/aromatic N) is 3. The van der Waals surface area contributed by atoms with E-state index in [9.17, 15) is 13.2 Å². The van der Waals surface area contributed by atoms with Crippen LogP contribution in [-0.2, 0) is 16.4 Å². The summed E-state index contributed by atoms with van der Waals surface area (Å²) in [6.07, 6.45) is 1.84. The molecule has 0 aliphatic rings. The molecule has 1 aromatic carbocycles. The van der Waals surface area contributed by atoms with E-state index in [2.05, 4.69) is 25.0 Å². The highest BCUT2D eigenvalue weighted by Crippen LogP contribution is 2.33. The van der Waals surface area contributed by atoms with Gasteiger partial charge in [0.2, 0.25) is 10.0 Å². The molecule has 0 spiro atoms. The van der Waals surface area contributed by atoms with Crippen molar-refractivity contribution in [2.45, 2.75) is 27.2 Å². The van der Waals surface area contributed by atoms with Gasteiger partial charge in [-0.1, -0.05) is 19.1 Å². The van der Waals surface area contributed by atoms with E-state index < -0.39 is 10.0 Å². The maximum absolute atomic E-state index is 12.9. The van der Waals surface area contributed by atoms with E-state index in [4.69, 9.17) is 0 Å². The topological polar surface area (TPSA) is 114 Å². The van der Waals surface area contributed by atoms with Gasteiger partial charge in [-0.05, 0) is 31.5 Å². The van der Waals surface area contributed by atoms with Gasteiger partial charge in [-0.25, -0.2) is 23.4 Å². The Bertz CT molecular complexity index is 1420. The third-order valence-corrected chi connectivity index (χ3v) is 7.30. The Labute approximate surface area is 193 Å². The molecule has 0 bridgehead atoms. The molecule has 0 aliphatic carbocycles. The quantitative estimate of drug-likeness (QED) is 0.410. The molecule has 3 heterocycles. The van der Waals surface area contributed by atoms with Gasteiger partial charge in [0, 0.05) is 34.1 Å². The molecule has 3 aromatic heterocycles. The molecule has 8 nitrogen and oxygen atoms in total. The van der Waals surface area contributed by atoms with Crippen LogP contribution in [0.2, 0.25) is 0 Å². The van der Waals surface area contributed by atoms with Gasteiger partial charge < -0.3 is 0 Å². The number of aryl methyl sites for hydroxylation is 3. The lowest BCUT2D eigenvalue weighted by molar-refractivity contribution is 0.103. The summed E-state index contributed by atoms with van der Waals surface area (Å²) in [6, 6.07) is 6.89. The highest BCUT2D eigenvalue weighted by Gasteiger charge is 2.20. The van der Waals surface area contributed by atoms with Crippen LogP contribution >= 0.6 is 22.7 Å². The van der Waals surface area contributed by atoms with Crippen molar-refractivity contribution in [1.29, 1.82) is 0 Å². The summed E-state index contributed by atoms with van der Waals surface area (Å²) < 4.78 is 25.1. The van der Waals surface area contributed by atoms with E-state index in [1.165, 1.54) is 22.7 Å². The first-order chi connectivity index (χ1) is 15.1. The van der Waals surface area contributed by atoms with Crippen LogP contribution in [0, 0.1) is 13.8 Å². The first kappa shape index (κ1) is 22.3. The van der Waals surface area contributed by atoms with Gasteiger partial charge in [-0.2, -0.15) is 0 Å². The fourth-order valence-electron chi connectivity index (χ4n) is 3.31. The van der Waals surface area contributed by atoms with Crippen molar-refractivity contribution in [3.8, 4) is 11.3 Å². The van der Waals surface area contributed by atoms with E-state index >= 15 is 0 Å². The predicted octanol–water partition coefficient (Wildman–Crippen LogP) is 4.62. The third-order valence-electron chi connectivity index (χ3n) is 4.75. The van der Waals surface area contributed by atoms with Crippen LogP contribution < -0.4 is 10.0 Å². The van der Waals surface area contributed by atoms with Gasteiger partial charge in [0.15, 0.2) is 5.13 Å². The number of fused-ring (bicyclic) bond motifs is 1. The summed E-state index contributed by atoms with van der Waals surface area (Å²) in [5, 5.41) is 6.14. The number of sulfonamides is 1. The van der Waals surface area contributed by atoms with Crippen molar-refractivity contribution in [1.82, 2.24) is 15.0 Å². The Morgan fingerprint density at radius 1 is 1.09 bits per heavy atom. The van der Waals surface area contributed by atoms with Crippen LogP contribution in [-0.4, -0.2) is 35.5 Å². The van der Waals surface area contributed by atoms with Crippen LogP contribution in [0.1, 0.15) is 33.7 Å². The van der Waals surface area contributed by atoms with Crippen LogP contribution in [0.5, 0.6) is 0 Å². The van der Waals surface area contributed by atoms with Crippen LogP contribution in [0.4, 0.5) is 10.8 Å². The molecule has 11 heteroatoms. The number of hydrogen-bond acceptors (Lipinski definition) is 8. The minimum absolute atomic E-state index is 0.225. The number of anilines is 2. The number of aromatic nitrogens is 3. The summed E-state index contributed by atoms with van der Waals surface area (Å²) >= 11 is 2.69. The number of amides is 1. The molecule has 4 rings (SSSR count). The number of carbonyl (C=O) groups excluding carboxylic acids is 1. The predicted molar refractivity (Wildman–Crippen MR) is 130 cm³/mol. The monoisotopic (exact) mass is 487 g/mol. The van der Waals surface area contributed by atoms with Crippen molar-refractivity contribution in [3.63, 3.8) is 0 Å². The SMILES string of the molecule is CCc1nc(C)c2c(C)c(C(=O)Nc3nc(-c4ccc(NS(C)(=O)=O)cc4)cs3)sc2n1. The lowest BCUT2D eigenvalue weighted by atomic mass is 10.1. The minimum Gasteiger partial charge on any atom is -0.297 e. The van der Waals surface area contributed by atoms with Crippen LogP contribution in [0.15, 0.2) is 29.6 Å². The zero-order valence-corrected chi connectivity index (χ0v) is 20.3. The van der Waals surface area contributed by atoms with E-state index in [-0.39, 0.29) is 5.91 Å². The number of thiophene rings is 1. The molecule has 1 amide bonds. The third kappa shape index (κ3) is 4.64. The highest BCUT2D eigenvalue weighted by atomic mass is 32.2. The lowest BCUT2D eigenvalue weighted by Gasteiger charge is -2.04. The Balaban J connectivity index is 1.54. The van der Waals surface area contributed by atoms with Gasteiger partial charge in [0.1, 0.15) is 10.7 Å². The summed E-state index contributed by atoms with van der Waals surface area (Å²) in [6.45, 7) is 5.86. The van der Waals surface area contributed by atoms with Crippen molar-refractivity contribution < 1.29 is 13.2 Å². The molecule has 0 saturated heterocycles. The van der Waals surface area contributed by atoms with E-state index in [0.717, 1.165) is 45.5 Å². The normalized spacial score (nSPS) is 11.6. The van der Waals surface area contributed by atoms with E-state index in [1.54, 1.807) is 24.3 Å². The molecule has 0 unspecified atom stereocenters. The molecule has 0 atom stereocenters. The number of nitrogens with one attached hydrogen (secondary N) is 2. The smallest absolute Gasteiger partial charge is 0.267 e. The van der Waals surface area contributed by atoms with Gasteiger partial charge in [-0.3, -0.25) is 14.8 Å². The number of thiazole rings is 1. The fourth-order valence-corrected chi connectivity index (χ4v) is 5.74. The number of hydrogen-bond donors (Lipinski definition) is 2. The van der Waals surface area contributed by atoms with Gasteiger partial charge in [-0.15, -0.1) is 22.7 Å². The average Bonchev–Trinajstić information content (AvgIpc) is 3.32. The second-order valence-electron chi connectivity index (χ2n) is 7.26. The van der Waals surface area contributed by atoms with E-state index in [1.807, 2.05) is 26.2 Å². The summed E-state index contributed by atoms with van der Waals surface area (Å²) in [4.78, 5) is 28.0. The molecular formula is C21H21N5O3S3. The number of carbonyl (C=O) groups is 1. The molecule has 4 aromatic rings. The number of benzene rings is 1. The van der Waals surface area contributed by atoms with Gasteiger partial charge in [0.25, 0.3) is 5.91 Å². The van der Waals surface area contributed by atoms with Gasteiger partial charge in [0.05, 0.1) is 16.8 Å². The summed E-state index contributed by atoms with van der Waals surface area (Å²) in [5.74, 6) is 0.544. The first-order valence-corrected chi connectivity index (χ1v) is 13.3. The van der Waals surface area contributed by atoms with Crippen molar-refractivity contribution >= 4 is 59.6 Å². The Morgan fingerprint density at radius 3 is 2.47 bits per heavy atom. The first-order valence-electron chi connectivity index (χ1n) is 9.76. The zero-order chi connectivity index (χ0) is 23.0. The van der Waals surface area contributed by atoms with Crippen LogP contribution in [0.3, 0.4) is 0 Å². The molecule has 2 N–H and O–H groups in total. The summed E-state index contributed by atoms with van der Waals surface area (Å²) in [5.41, 5.74) is 3.73. The molecule has 166 valence electrons. The zero-order valence-electron chi connectivity index (χ0n) is 17.9. The average molecular weight is 488 g/mol. The Hall–Kier alpha value is -2.89. The molecule has 0 fully saturated rings. The largest absolute Gasteiger partial charge is 0.297 e. The molecule has 0 radical (unpaired) electrons. The Kier molecular flexibility index (Phi) is 5.97. The standard InChI is InChI=1S/C21H21N5O3S3/c1-5-16-22-12(3)17-11(2)18(31-20(17)24-16)19(27)25-21-23-15(10-30-21)13-6-8-14(9-7-13)26-32(4,28)29/h6-10,26H,5H2,1-4H3,(H,23,25,27). The minimum atomic E-state index is -3.33. The van der Waals surface area contributed by atoms with E-state index in [0.29, 0.717) is 21.4 Å². The fraction of sp³-hybridized carbons (Fsp3) is 0.238. The maximum atomic E-state index is 12.9. The molecule has 0 aliphatic heterocycles. The number of rotatable bonds is 6. The van der Waals surface area contributed by atoms with Crippen molar-refractivity contribution in [3.05, 3.63) is 51.6 Å². The van der Waals surface area contributed by atoms with Crippen molar-refractivity contribution in [2.75, 3.05) is 16.3 Å². The highest BCUT2D eigenvalue weighted by molar-refractivity contribution is 7.92. The molecule has 32 heavy (non-hydrogen) atoms. The summed E-state index contributed by atoms with van der Waals surface area (Å²) in [7, 11) is -3.33. The van der Waals surface area contributed by atoms with Gasteiger partial charge >= 0.3 is 0 Å². The van der Waals surface area contributed by atoms with Crippen LogP contribution in [0.25, 0.3) is 21.5 Å². The lowest BCUT2D eigenvalue weighted by Crippen LogP contribution is -2.11. The molecule has 0 saturated carbocycles. The maximum Gasteiger partial charge on any atom is 0.267 e. The van der Waals surface area contributed by atoms with Crippen molar-refractivity contribution in [2.24, 2.45) is 0 Å². The second kappa shape index (κ2) is 8.57.